The van der Waals surface area contributed by atoms with Crippen molar-refractivity contribution in [3.63, 3.8) is 0 Å². The van der Waals surface area contributed by atoms with Gasteiger partial charge in [-0.1, -0.05) is 22.9 Å². The summed E-state index contributed by atoms with van der Waals surface area (Å²) in [6.45, 7) is 1.95. The Morgan fingerprint density at radius 1 is 1.50 bits per heavy atom. The molecule has 0 spiro atoms. The van der Waals surface area contributed by atoms with E-state index in [1.54, 1.807) is 6.92 Å². The van der Waals surface area contributed by atoms with Gasteiger partial charge in [0.05, 0.1) is 11.0 Å². The third kappa shape index (κ3) is 3.46. The summed E-state index contributed by atoms with van der Waals surface area (Å²) in [6, 6.07) is 0.906. The quantitative estimate of drug-likeness (QED) is 0.525. The molecule has 1 aromatic rings. The Kier molecular flexibility index (Phi) is 4.71. The molecule has 1 N–H and O–H groups in total. The van der Waals surface area contributed by atoms with Gasteiger partial charge in [-0.05, 0) is 6.07 Å². The second-order valence-corrected chi connectivity index (χ2v) is 5.09. The first-order valence-corrected chi connectivity index (χ1v) is 5.80. The van der Waals surface area contributed by atoms with Crippen LogP contribution in [0.3, 0.4) is 0 Å². The zero-order valence-electron chi connectivity index (χ0n) is 9.25. The average molecular weight is 323 g/mol. The highest BCUT2D eigenvalue weighted by Crippen LogP contribution is 2.22. The van der Waals surface area contributed by atoms with Crippen LogP contribution in [0.15, 0.2) is 12.1 Å². The van der Waals surface area contributed by atoms with E-state index in [4.69, 9.17) is 0 Å². The lowest BCUT2D eigenvalue weighted by Gasteiger charge is -2.07. The molecule has 0 aromatic heterocycles. The molecule has 0 aliphatic heterocycles. The standard InChI is InChI=1S/C10H9BrF2N2O3/c1-5(11)4-14-10(16)6-2-7(12)8(13)3-9(6)15(17)18/h2-3,5H,4H2,1H3,(H,14,16). The number of carbonyl (C=O) groups is 1. The first kappa shape index (κ1) is 14.5. The molecule has 0 aliphatic carbocycles. The lowest BCUT2D eigenvalue weighted by molar-refractivity contribution is -0.385. The molecule has 0 saturated carbocycles. The van der Waals surface area contributed by atoms with E-state index in [2.05, 4.69) is 21.2 Å². The number of benzene rings is 1. The molecule has 1 rings (SSSR count). The fourth-order valence-electron chi connectivity index (χ4n) is 1.20. The average Bonchev–Trinajstić information content (AvgIpc) is 2.28. The number of amides is 1. The number of nitro benzene ring substituents is 1. The highest BCUT2D eigenvalue weighted by Gasteiger charge is 2.23. The van der Waals surface area contributed by atoms with E-state index in [-0.39, 0.29) is 11.4 Å². The van der Waals surface area contributed by atoms with Crippen LogP contribution in [0, 0.1) is 21.7 Å². The summed E-state index contributed by atoms with van der Waals surface area (Å²) >= 11 is 3.17. The SMILES string of the molecule is CC(Br)CNC(=O)c1cc(F)c(F)cc1[N+](=O)[O-]. The number of nitrogens with one attached hydrogen (secondary N) is 1. The van der Waals surface area contributed by atoms with Crippen molar-refractivity contribution in [2.45, 2.75) is 11.8 Å². The fraction of sp³-hybridized carbons (Fsp3) is 0.300. The summed E-state index contributed by atoms with van der Waals surface area (Å²) < 4.78 is 25.9. The van der Waals surface area contributed by atoms with Crippen LogP contribution in [-0.2, 0) is 0 Å². The van der Waals surface area contributed by atoms with Crippen LogP contribution in [0.5, 0.6) is 0 Å². The van der Waals surface area contributed by atoms with Gasteiger partial charge in [-0.15, -0.1) is 0 Å². The summed E-state index contributed by atoms with van der Waals surface area (Å²) in [5, 5.41) is 13.0. The van der Waals surface area contributed by atoms with E-state index in [0.717, 1.165) is 0 Å². The maximum Gasteiger partial charge on any atom is 0.285 e. The Labute approximate surface area is 109 Å². The van der Waals surface area contributed by atoms with E-state index in [0.29, 0.717) is 12.1 Å². The first-order chi connectivity index (χ1) is 8.32. The summed E-state index contributed by atoms with van der Waals surface area (Å²) in [5.41, 5.74) is -1.28. The molecule has 1 aromatic carbocycles. The molecule has 0 aliphatic rings. The van der Waals surface area contributed by atoms with Gasteiger partial charge in [0.25, 0.3) is 11.6 Å². The zero-order valence-corrected chi connectivity index (χ0v) is 10.8. The topological polar surface area (TPSA) is 72.2 Å². The molecule has 1 atom stereocenters. The number of alkyl halides is 1. The second-order valence-electron chi connectivity index (χ2n) is 3.53. The van der Waals surface area contributed by atoms with E-state index in [1.165, 1.54) is 0 Å². The maximum absolute atomic E-state index is 13.0. The number of hydrogen-bond acceptors (Lipinski definition) is 3. The summed E-state index contributed by atoms with van der Waals surface area (Å²) in [6.07, 6.45) is 0. The van der Waals surface area contributed by atoms with Crippen LogP contribution in [0.25, 0.3) is 0 Å². The van der Waals surface area contributed by atoms with Crippen molar-refractivity contribution in [3.8, 4) is 0 Å². The summed E-state index contributed by atoms with van der Waals surface area (Å²) in [7, 11) is 0. The number of hydrogen-bond donors (Lipinski definition) is 1. The number of carbonyl (C=O) groups excluding carboxylic acids is 1. The van der Waals surface area contributed by atoms with Crippen LogP contribution >= 0.6 is 15.9 Å². The third-order valence-electron chi connectivity index (χ3n) is 2.02. The van der Waals surface area contributed by atoms with Gasteiger partial charge in [-0.3, -0.25) is 14.9 Å². The van der Waals surface area contributed by atoms with Crippen LogP contribution < -0.4 is 5.32 Å². The Morgan fingerprint density at radius 2 is 2.06 bits per heavy atom. The molecule has 0 radical (unpaired) electrons. The van der Waals surface area contributed by atoms with Crippen molar-refractivity contribution in [2.75, 3.05) is 6.54 Å². The van der Waals surface area contributed by atoms with Gasteiger partial charge >= 0.3 is 0 Å². The normalized spacial score (nSPS) is 12.0. The van der Waals surface area contributed by atoms with Crippen molar-refractivity contribution < 1.29 is 18.5 Å². The number of rotatable bonds is 4. The maximum atomic E-state index is 13.0. The molecule has 0 bridgehead atoms. The Hall–Kier alpha value is -1.57. The van der Waals surface area contributed by atoms with E-state index >= 15 is 0 Å². The molecule has 8 heteroatoms. The van der Waals surface area contributed by atoms with Gasteiger partial charge in [-0.25, -0.2) is 8.78 Å². The lowest BCUT2D eigenvalue weighted by atomic mass is 10.1. The van der Waals surface area contributed by atoms with E-state index < -0.39 is 33.7 Å². The monoisotopic (exact) mass is 322 g/mol. The Balaban J connectivity index is 3.10. The smallest absolute Gasteiger partial charge is 0.285 e. The second kappa shape index (κ2) is 5.85. The molecule has 1 amide bonds. The van der Waals surface area contributed by atoms with Crippen molar-refractivity contribution in [1.82, 2.24) is 5.32 Å². The number of halogens is 3. The van der Waals surface area contributed by atoms with Gasteiger partial charge in [0.2, 0.25) is 0 Å². The molecule has 0 saturated heterocycles. The Morgan fingerprint density at radius 3 is 2.56 bits per heavy atom. The predicted molar refractivity (Wildman–Crippen MR) is 63.7 cm³/mol. The minimum Gasteiger partial charge on any atom is -0.351 e. The van der Waals surface area contributed by atoms with Gasteiger partial charge in [0.1, 0.15) is 5.56 Å². The molecule has 0 fully saturated rings. The third-order valence-corrected chi connectivity index (χ3v) is 2.35. The van der Waals surface area contributed by atoms with Crippen molar-refractivity contribution in [1.29, 1.82) is 0 Å². The van der Waals surface area contributed by atoms with Crippen LogP contribution in [0.4, 0.5) is 14.5 Å². The van der Waals surface area contributed by atoms with Crippen LogP contribution in [0.1, 0.15) is 17.3 Å². The molecule has 5 nitrogen and oxygen atoms in total. The first-order valence-electron chi connectivity index (χ1n) is 4.88. The number of nitrogens with zero attached hydrogens (tertiary/aromatic N) is 1. The molecule has 18 heavy (non-hydrogen) atoms. The van der Waals surface area contributed by atoms with Crippen LogP contribution in [-0.4, -0.2) is 22.2 Å². The van der Waals surface area contributed by atoms with Gasteiger partial charge in [0, 0.05) is 11.4 Å². The van der Waals surface area contributed by atoms with Crippen molar-refractivity contribution >= 4 is 27.5 Å². The zero-order chi connectivity index (χ0) is 13.9. The van der Waals surface area contributed by atoms with Gasteiger partial charge < -0.3 is 5.32 Å². The number of nitro groups is 1. The fourth-order valence-corrected chi connectivity index (χ4v) is 1.36. The minimum absolute atomic E-state index is 0.0502. The lowest BCUT2D eigenvalue weighted by Crippen LogP contribution is -2.29. The predicted octanol–water partition coefficient (Wildman–Crippen LogP) is 2.39. The molecule has 98 valence electrons. The minimum atomic E-state index is -1.37. The van der Waals surface area contributed by atoms with E-state index in [1.807, 2.05) is 0 Å². The molecule has 1 unspecified atom stereocenters. The van der Waals surface area contributed by atoms with Crippen LogP contribution in [0.2, 0.25) is 0 Å². The molecular formula is C10H9BrF2N2O3. The van der Waals surface area contributed by atoms with Gasteiger partial charge in [-0.2, -0.15) is 0 Å². The highest BCUT2D eigenvalue weighted by molar-refractivity contribution is 9.09. The largest absolute Gasteiger partial charge is 0.351 e. The Bertz CT molecular complexity index is 494. The highest BCUT2D eigenvalue weighted by atomic mass is 79.9. The molecular weight excluding hydrogens is 314 g/mol. The van der Waals surface area contributed by atoms with E-state index in [9.17, 15) is 23.7 Å². The summed E-state index contributed by atoms with van der Waals surface area (Å²) in [4.78, 5) is 21.3. The molecule has 0 heterocycles. The van der Waals surface area contributed by atoms with Crippen molar-refractivity contribution in [3.05, 3.63) is 39.4 Å². The van der Waals surface area contributed by atoms with Gasteiger partial charge in [0.15, 0.2) is 11.6 Å². The van der Waals surface area contributed by atoms with Crippen molar-refractivity contribution in [2.24, 2.45) is 0 Å². The summed E-state index contributed by atoms with van der Waals surface area (Å²) in [5.74, 6) is -3.50.